The minimum atomic E-state index is 0.226. The van der Waals surface area contributed by atoms with Gasteiger partial charge in [0.05, 0.1) is 5.56 Å². The van der Waals surface area contributed by atoms with Gasteiger partial charge in [0, 0.05) is 29.3 Å². The number of rotatable bonds is 1. The maximum atomic E-state index is 9.33. The molecule has 18 heavy (non-hydrogen) atoms. The smallest absolute Gasteiger partial charge is 0.147 e. The van der Waals surface area contributed by atoms with Crippen molar-refractivity contribution in [3.63, 3.8) is 0 Å². The van der Waals surface area contributed by atoms with Gasteiger partial charge in [0.25, 0.3) is 0 Å². The Morgan fingerprint density at radius 1 is 1.44 bits per heavy atom. The van der Waals surface area contributed by atoms with Crippen LogP contribution >= 0.6 is 11.8 Å². The molecule has 0 unspecified atom stereocenters. The van der Waals surface area contributed by atoms with E-state index in [2.05, 4.69) is 29.8 Å². The van der Waals surface area contributed by atoms with Crippen molar-refractivity contribution in [2.75, 3.05) is 23.7 Å². The zero-order chi connectivity index (χ0) is 13.3. The van der Waals surface area contributed by atoms with Crippen LogP contribution < -0.4 is 4.90 Å². The van der Waals surface area contributed by atoms with Crippen molar-refractivity contribution < 1.29 is 0 Å². The molecule has 3 nitrogen and oxygen atoms in total. The third-order valence-corrected chi connectivity index (χ3v) is 4.46. The van der Waals surface area contributed by atoms with Gasteiger partial charge in [-0.05, 0) is 39.3 Å². The summed E-state index contributed by atoms with van der Waals surface area (Å²) in [4.78, 5) is 6.85. The lowest BCUT2D eigenvalue weighted by Crippen LogP contribution is -2.44. The molecule has 4 heteroatoms. The van der Waals surface area contributed by atoms with Crippen molar-refractivity contribution >= 4 is 17.6 Å². The molecule has 0 radical (unpaired) electrons. The lowest BCUT2D eigenvalue weighted by atomic mass is 10.1. The zero-order valence-electron chi connectivity index (χ0n) is 11.4. The molecule has 1 aliphatic rings. The molecule has 0 aromatic carbocycles. The van der Waals surface area contributed by atoms with Gasteiger partial charge in [-0.25, -0.2) is 4.98 Å². The summed E-state index contributed by atoms with van der Waals surface area (Å²) >= 11 is 1.99. The van der Waals surface area contributed by atoms with Gasteiger partial charge in [0.15, 0.2) is 0 Å². The molecule has 0 amide bonds. The Balaban J connectivity index is 2.42. The summed E-state index contributed by atoms with van der Waals surface area (Å²) in [5.74, 6) is 1.95. The van der Waals surface area contributed by atoms with Gasteiger partial charge >= 0.3 is 0 Å². The molecular formula is C14H19N3S. The highest BCUT2D eigenvalue weighted by molar-refractivity contribution is 8.00. The van der Waals surface area contributed by atoms with Crippen LogP contribution in [0.25, 0.3) is 0 Å². The molecule has 0 aliphatic carbocycles. The highest BCUT2D eigenvalue weighted by atomic mass is 32.2. The molecule has 96 valence electrons. The minimum absolute atomic E-state index is 0.226. The van der Waals surface area contributed by atoms with Crippen LogP contribution in [0.3, 0.4) is 0 Å². The van der Waals surface area contributed by atoms with Crippen molar-refractivity contribution in [2.24, 2.45) is 0 Å². The molecule has 0 atom stereocenters. The van der Waals surface area contributed by atoms with E-state index in [4.69, 9.17) is 0 Å². The van der Waals surface area contributed by atoms with Crippen LogP contribution in [-0.2, 0) is 0 Å². The predicted octanol–water partition coefficient (Wildman–Crippen LogP) is 2.90. The first-order chi connectivity index (χ1) is 8.43. The minimum Gasteiger partial charge on any atom is -0.353 e. The highest BCUT2D eigenvalue weighted by Gasteiger charge is 2.29. The molecule has 0 bridgehead atoms. The van der Waals surface area contributed by atoms with E-state index < -0.39 is 0 Å². The van der Waals surface area contributed by atoms with Crippen LogP contribution in [0.5, 0.6) is 0 Å². The van der Waals surface area contributed by atoms with Gasteiger partial charge in [-0.2, -0.15) is 17.0 Å². The summed E-state index contributed by atoms with van der Waals surface area (Å²) in [6.45, 7) is 10.4. The number of aromatic nitrogens is 1. The van der Waals surface area contributed by atoms with E-state index in [1.54, 1.807) is 0 Å². The first-order valence-corrected chi connectivity index (χ1v) is 7.19. The van der Waals surface area contributed by atoms with Crippen LogP contribution in [0.1, 0.15) is 30.7 Å². The predicted molar refractivity (Wildman–Crippen MR) is 77.2 cm³/mol. The molecule has 1 saturated heterocycles. The number of hydrogen-bond acceptors (Lipinski definition) is 4. The zero-order valence-corrected chi connectivity index (χ0v) is 12.3. The van der Waals surface area contributed by atoms with Crippen molar-refractivity contribution in [3.8, 4) is 6.07 Å². The van der Waals surface area contributed by atoms with Crippen molar-refractivity contribution in [1.29, 1.82) is 5.26 Å². The fourth-order valence-corrected chi connectivity index (χ4v) is 3.49. The lowest BCUT2D eigenvalue weighted by molar-refractivity contribution is 0.641. The number of anilines is 1. The first-order valence-electron chi connectivity index (χ1n) is 6.20. The van der Waals surface area contributed by atoms with Crippen molar-refractivity contribution in [2.45, 2.75) is 32.4 Å². The number of nitrogens with zero attached hydrogens (tertiary/aromatic N) is 3. The summed E-state index contributed by atoms with van der Waals surface area (Å²) < 4.78 is 0.226. The third kappa shape index (κ3) is 2.62. The molecule has 1 aliphatic heterocycles. The number of nitriles is 1. The van der Waals surface area contributed by atoms with Crippen LogP contribution in [0.15, 0.2) is 6.07 Å². The van der Waals surface area contributed by atoms with Gasteiger partial charge < -0.3 is 4.90 Å². The van der Waals surface area contributed by atoms with Crippen molar-refractivity contribution in [1.82, 2.24) is 4.98 Å². The lowest BCUT2D eigenvalue weighted by Gasteiger charge is -2.38. The summed E-state index contributed by atoms with van der Waals surface area (Å²) in [5, 5.41) is 9.33. The topological polar surface area (TPSA) is 39.9 Å². The Hall–Kier alpha value is -1.21. The Bertz CT molecular complexity index is 502. The van der Waals surface area contributed by atoms with E-state index in [-0.39, 0.29) is 4.75 Å². The van der Waals surface area contributed by atoms with E-state index in [1.807, 2.05) is 31.7 Å². The fraction of sp³-hybridized carbons (Fsp3) is 0.571. The summed E-state index contributed by atoms with van der Waals surface area (Å²) in [6.07, 6.45) is 0. The second-order valence-electron chi connectivity index (χ2n) is 5.42. The van der Waals surface area contributed by atoms with E-state index in [0.29, 0.717) is 0 Å². The average molecular weight is 261 g/mol. The SMILES string of the molecule is Cc1cc(C)c(C#N)c(N2CCSC(C)(C)C2)n1. The second kappa shape index (κ2) is 4.81. The molecule has 1 fully saturated rings. The molecule has 1 aromatic rings. The normalized spacial score (nSPS) is 18.5. The van der Waals surface area contributed by atoms with E-state index in [9.17, 15) is 5.26 Å². The second-order valence-corrected chi connectivity index (χ2v) is 7.22. The first kappa shape index (κ1) is 13.2. The van der Waals surface area contributed by atoms with Gasteiger partial charge in [-0.1, -0.05) is 0 Å². The van der Waals surface area contributed by atoms with Gasteiger partial charge in [0.2, 0.25) is 0 Å². The maximum Gasteiger partial charge on any atom is 0.147 e. The maximum absolute atomic E-state index is 9.33. The van der Waals surface area contributed by atoms with Gasteiger partial charge in [0.1, 0.15) is 11.9 Å². The molecule has 0 spiro atoms. The monoisotopic (exact) mass is 261 g/mol. The summed E-state index contributed by atoms with van der Waals surface area (Å²) in [7, 11) is 0. The summed E-state index contributed by atoms with van der Waals surface area (Å²) in [5.41, 5.74) is 2.73. The average Bonchev–Trinajstić information content (AvgIpc) is 2.26. The van der Waals surface area contributed by atoms with E-state index in [0.717, 1.165) is 41.5 Å². The number of pyridine rings is 1. The largest absolute Gasteiger partial charge is 0.353 e. The number of aryl methyl sites for hydroxylation is 2. The molecular weight excluding hydrogens is 242 g/mol. The Kier molecular flexibility index (Phi) is 3.54. The Morgan fingerprint density at radius 2 is 2.17 bits per heavy atom. The Labute approximate surface area is 113 Å². The third-order valence-electron chi connectivity index (χ3n) is 3.16. The molecule has 1 aromatic heterocycles. The Morgan fingerprint density at radius 3 is 2.78 bits per heavy atom. The standard InChI is InChI=1S/C14H19N3S/c1-10-7-11(2)16-13(12(10)8-15)17-5-6-18-14(3,4)9-17/h7H,5-6,9H2,1-4H3. The quantitative estimate of drug-likeness (QED) is 0.779. The van der Waals surface area contributed by atoms with Crippen LogP contribution in [0, 0.1) is 25.2 Å². The van der Waals surface area contributed by atoms with E-state index >= 15 is 0 Å². The van der Waals surface area contributed by atoms with Gasteiger partial charge in [-0.15, -0.1) is 0 Å². The molecule has 0 saturated carbocycles. The molecule has 2 rings (SSSR count). The van der Waals surface area contributed by atoms with Crippen LogP contribution in [-0.4, -0.2) is 28.6 Å². The fourth-order valence-electron chi connectivity index (χ4n) is 2.38. The number of hydrogen-bond donors (Lipinski definition) is 0. The van der Waals surface area contributed by atoms with Crippen LogP contribution in [0.4, 0.5) is 5.82 Å². The highest BCUT2D eigenvalue weighted by Crippen LogP contribution is 2.33. The number of thioether (sulfide) groups is 1. The van der Waals surface area contributed by atoms with Gasteiger partial charge in [-0.3, -0.25) is 0 Å². The molecule has 0 N–H and O–H groups in total. The summed E-state index contributed by atoms with van der Waals surface area (Å²) in [6, 6.07) is 4.28. The van der Waals surface area contributed by atoms with Crippen LogP contribution in [0.2, 0.25) is 0 Å². The van der Waals surface area contributed by atoms with E-state index in [1.165, 1.54) is 0 Å². The van der Waals surface area contributed by atoms with Crippen molar-refractivity contribution in [3.05, 3.63) is 22.9 Å². The molecule has 2 heterocycles.